The van der Waals surface area contributed by atoms with Crippen LogP contribution in [-0.4, -0.2) is 15.1 Å². The van der Waals surface area contributed by atoms with Gasteiger partial charge in [-0.3, -0.25) is 0 Å². The Hall–Kier alpha value is -0.740. The molecule has 0 spiro atoms. The third kappa shape index (κ3) is 2.01. The fourth-order valence-electron chi connectivity index (χ4n) is 1.80. The maximum absolute atomic E-state index is 6.32. The number of nitrogens with two attached hydrogens (primary N) is 1. The minimum Gasteiger partial charge on any atom is -0.324 e. The molecule has 1 unspecified atom stereocenters. The van der Waals surface area contributed by atoms with E-state index in [0.29, 0.717) is 0 Å². The van der Waals surface area contributed by atoms with Crippen LogP contribution >= 0.6 is 11.5 Å². The van der Waals surface area contributed by atoms with E-state index in [2.05, 4.69) is 21.7 Å². The summed E-state index contributed by atoms with van der Waals surface area (Å²) >= 11 is 1.48. The lowest BCUT2D eigenvalue weighted by atomic mass is 9.83. The van der Waals surface area contributed by atoms with E-state index in [0.717, 1.165) is 31.4 Å². The molecule has 2 rings (SSSR count). The SMILES string of the molecule is Cc1nnsc1CC1(N)CC=CCC1. The summed E-state index contributed by atoms with van der Waals surface area (Å²) in [7, 11) is 0. The van der Waals surface area contributed by atoms with Crippen molar-refractivity contribution in [2.75, 3.05) is 0 Å². The lowest BCUT2D eigenvalue weighted by Crippen LogP contribution is -2.42. The second kappa shape index (κ2) is 3.79. The molecule has 0 saturated heterocycles. The number of hydrogen-bond donors (Lipinski definition) is 1. The predicted molar refractivity (Wildman–Crippen MR) is 58.3 cm³/mol. The van der Waals surface area contributed by atoms with Crippen molar-refractivity contribution in [3.05, 3.63) is 22.7 Å². The maximum atomic E-state index is 6.32. The van der Waals surface area contributed by atoms with Crippen LogP contribution in [0, 0.1) is 6.92 Å². The van der Waals surface area contributed by atoms with E-state index in [1.165, 1.54) is 16.4 Å². The van der Waals surface area contributed by atoms with Gasteiger partial charge in [0, 0.05) is 12.0 Å². The molecule has 0 aromatic carbocycles. The van der Waals surface area contributed by atoms with Crippen molar-refractivity contribution >= 4 is 11.5 Å². The highest BCUT2D eigenvalue weighted by atomic mass is 32.1. The van der Waals surface area contributed by atoms with E-state index in [1.807, 2.05) is 6.92 Å². The number of aromatic nitrogens is 2. The average Bonchev–Trinajstić information content (AvgIpc) is 2.52. The Labute approximate surface area is 88.2 Å². The van der Waals surface area contributed by atoms with Crippen LogP contribution in [0.3, 0.4) is 0 Å². The van der Waals surface area contributed by atoms with E-state index in [1.54, 1.807) is 0 Å². The molecule has 3 nitrogen and oxygen atoms in total. The first-order valence-electron chi connectivity index (χ1n) is 4.91. The summed E-state index contributed by atoms with van der Waals surface area (Å²) in [5, 5.41) is 4.01. The van der Waals surface area contributed by atoms with Gasteiger partial charge in [0.05, 0.1) is 10.6 Å². The topological polar surface area (TPSA) is 51.8 Å². The molecule has 0 radical (unpaired) electrons. The fraction of sp³-hybridized carbons (Fsp3) is 0.600. The third-order valence-corrected chi connectivity index (χ3v) is 3.58. The minimum atomic E-state index is -0.0618. The molecule has 0 aliphatic heterocycles. The molecule has 14 heavy (non-hydrogen) atoms. The fourth-order valence-corrected chi connectivity index (χ4v) is 2.59. The van der Waals surface area contributed by atoms with Crippen molar-refractivity contribution in [3.63, 3.8) is 0 Å². The summed E-state index contributed by atoms with van der Waals surface area (Å²) in [6.07, 6.45) is 8.46. The Kier molecular flexibility index (Phi) is 2.65. The molecule has 0 fully saturated rings. The van der Waals surface area contributed by atoms with Gasteiger partial charge in [-0.1, -0.05) is 16.6 Å². The van der Waals surface area contributed by atoms with Gasteiger partial charge >= 0.3 is 0 Å². The molecule has 0 amide bonds. The highest BCUT2D eigenvalue weighted by Crippen LogP contribution is 2.26. The van der Waals surface area contributed by atoms with Crippen LogP contribution < -0.4 is 5.73 Å². The molecule has 1 aromatic heterocycles. The first kappa shape index (κ1) is 9.80. The van der Waals surface area contributed by atoms with Crippen LogP contribution in [-0.2, 0) is 6.42 Å². The van der Waals surface area contributed by atoms with Crippen molar-refractivity contribution in [3.8, 4) is 0 Å². The maximum Gasteiger partial charge on any atom is 0.0757 e. The lowest BCUT2D eigenvalue weighted by molar-refractivity contribution is 0.387. The molecule has 1 aromatic rings. The lowest BCUT2D eigenvalue weighted by Gasteiger charge is -2.30. The summed E-state index contributed by atoms with van der Waals surface area (Å²) in [6.45, 7) is 2.00. The summed E-state index contributed by atoms with van der Waals surface area (Å²) in [4.78, 5) is 1.24. The van der Waals surface area contributed by atoms with Gasteiger partial charge in [0.15, 0.2) is 0 Å². The van der Waals surface area contributed by atoms with E-state index in [9.17, 15) is 0 Å². The Bertz CT molecular complexity index is 345. The molecule has 0 saturated carbocycles. The van der Waals surface area contributed by atoms with Crippen LogP contribution in [0.4, 0.5) is 0 Å². The molecule has 1 aliphatic rings. The van der Waals surface area contributed by atoms with Crippen LogP contribution in [0.5, 0.6) is 0 Å². The smallest absolute Gasteiger partial charge is 0.0757 e. The van der Waals surface area contributed by atoms with Crippen LogP contribution in [0.15, 0.2) is 12.2 Å². The number of hydrogen-bond acceptors (Lipinski definition) is 4. The van der Waals surface area contributed by atoms with Crippen LogP contribution in [0.25, 0.3) is 0 Å². The normalized spacial score (nSPS) is 26.7. The van der Waals surface area contributed by atoms with Crippen molar-refractivity contribution in [2.24, 2.45) is 5.73 Å². The van der Waals surface area contributed by atoms with E-state index >= 15 is 0 Å². The Morgan fingerprint density at radius 1 is 1.57 bits per heavy atom. The molecular formula is C10H15N3S. The van der Waals surface area contributed by atoms with E-state index < -0.39 is 0 Å². The monoisotopic (exact) mass is 209 g/mol. The molecule has 1 heterocycles. The minimum absolute atomic E-state index is 0.0618. The second-order valence-electron chi connectivity index (χ2n) is 4.03. The van der Waals surface area contributed by atoms with Crippen molar-refractivity contribution < 1.29 is 0 Å². The highest BCUT2D eigenvalue weighted by molar-refractivity contribution is 7.05. The van der Waals surface area contributed by atoms with Gasteiger partial charge < -0.3 is 5.73 Å². The summed E-state index contributed by atoms with van der Waals surface area (Å²) in [6, 6.07) is 0. The Balaban J connectivity index is 2.10. The average molecular weight is 209 g/mol. The van der Waals surface area contributed by atoms with Gasteiger partial charge in [-0.2, -0.15) is 0 Å². The van der Waals surface area contributed by atoms with Crippen molar-refractivity contribution in [1.29, 1.82) is 0 Å². The van der Waals surface area contributed by atoms with Gasteiger partial charge in [-0.15, -0.1) is 5.10 Å². The predicted octanol–water partition coefficient (Wildman–Crippen LogP) is 1.83. The van der Waals surface area contributed by atoms with E-state index in [4.69, 9.17) is 5.73 Å². The molecule has 2 N–H and O–H groups in total. The van der Waals surface area contributed by atoms with Crippen LogP contribution in [0.2, 0.25) is 0 Å². The molecule has 1 atom stereocenters. The molecule has 1 aliphatic carbocycles. The van der Waals surface area contributed by atoms with E-state index in [-0.39, 0.29) is 5.54 Å². The van der Waals surface area contributed by atoms with Gasteiger partial charge in [0.1, 0.15) is 0 Å². The zero-order valence-corrected chi connectivity index (χ0v) is 9.18. The Morgan fingerprint density at radius 3 is 3.00 bits per heavy atom. The van der Waals surface area contributed by atoms with Crippen molar-refractivity contribution in [2.45, 2.75) is 38.1 Å². The largest absolute Gasteiger partial charge is 0.324 e. The van der Waals surface area contributed by atoms with Crippen LogP contribution in [0.1, 0.15) is 29.8 Å². The van der Waals surface area contributed by atoms with Gasteiger partial charge in [-0.25, -0.2) is 0 Å². The highest BCUT2D eigenvalue weighted by Gasteiger charge is 2.26. The molecule has 4 heteroatoms. The molecule has 76 valence electrons. The van der Waals surface area contributed by atoms with Gasteiger partial charge in [-0.05, 0) is 37.7 Å². The summed E-state index contributed by atoms with van der Waals surface area (Å²) in [5.41, 5.74) is 7.29. The number of rotatable bonds is 2. The summed E-state index contributed by atoms with van der Waals surface area (Å²) in [5.74, 6) is 0. The number of aryl methyl sites for hydroxylation is 1. The Morgan fingerprint density at radius 2 is 2.43 bits per heavy atom. The first-order valence-corrected chi connectivity index (χ1v) is 5.69. The first-order chi connectivity index (χ1) is 6.70. The number of nitrogens with zero attached hydrogens (tertiary/aromatic N) is 2. The molecular weight excluding hydrogens is 194 g/mol. The van der Waals surface area contributed by atoms with Gasteiger partial charge in [0.25, 0.3) is 0 Å². The number of allylic oxidation sites excluding steroid dienone is 1. The summed E-state index contributed by atoms with van der Waals surface area (Å²) < 4.78 is 3.94. The second-order valence-corrected chi connectivity index (χ2v) is 4.87. The third-order valence-electron chi connectivity index (χ3n) is 2.76. The van der Waals surface area contributed by atoms with Crippen molar-refractivity contribution in [1.82, 2.24) is 9.59 Å². The zero-order valence-electron chi connectivity index (χ0n) is 8.36. The standard InChI is InChI=1S/C10H15N3S/c1-8-9(14-13-12-8)7-10(11)5-3-2-4-6-10/h2-3H,4-7,11H2,1H3. The van der Waals surface area contributed by atoms with Gasteiger partial charge in [0.2, 0.25) is 0 Å². The quantitative estimate of drug-likeness (QED) is 0.756. The molecule has 0 bridgehead atoms. The zero-order chi connectivity index (χ0) is 10.0.